The zero-order valence-electron chi connectivity index (χ0n) is 14.3. The van der Waals surface area contributed by atoms with Gasteiger partial charge in [0.15, 0.2) is 0 Å². The van der Waals surface area contributed by atoms with Crippen molar-refractivity contribution in [3.05, 3.63) is 53.8 Å². The first-order chi connectivity index (χ1) is 11.9. The summed E-state index contributed by atoms with van der Waals surface area (Å²) >= 11 is 0. The van der Waals surface area contributed by atoms with E-state index in [0.29, 0.717) is 5.92 Å². The van der Waals surface area contributed by atoms with E-state index < -0.39 is 11.7 Å². The fourth-order valence-electron chi connectivity index (χ4n) is 3.37. The lowest BCUT2D eigenvalue weighted by Gasteiger charge is -2.36. The second-order valence-corrected chi connectivity index (χ2v) is 6.71. The Balaban J connectivity index is 1.71. The van der Waals surface area contributed by atoms with Crippen LogP contribution in [-0.2, 0) is 6.18 Å². The van der Waals surface area contributed by atoms with Crippen LogP contribution in [0.25, 0.3) is 0 Å². The molecule has 1 atom stereocenters. The van der Waals surface area contributed by atoms with Crippen molar-refractivity contribution in [2.75, 3.05) is 24.5 Å². The molecule has 0 aromatic heterocycles. The zero-order valence-corrected chi connectivity index (χ0v) is 14.3. The van der Waals surface area contributed by atoms with Crippen LogP contribution in [0.5, 0.6) is 0 Å². The molecular weight excluding hydrogens is 327 g/mol. The minimum atomic E-state index is -4.31. The van der Waals surface area contributed by atoms with Crippen LogP contribution in [0.1, 0.15) is 25.3 Å². The van der Waals surface area contributed by atoms with E-state index in [1.54, 1.807) is 0 Å². The molecule has 0 bridgehead atoms. The van der Waals surface area contributed by atoms with Gasteiger partial charge < -0.3 is 10.2 Å². The molecule has 1 aromatic carbocycles. The molecule has 2 aliphatic heterocycles. The van der Waals surface area contributed by atoms with Crippen LogP contribution in [-0.4, -0.2) is 25.8 Å². The van der Waals surface area contributed by atoms with Crippen molar-refractivity contribution < 1.29 is 13.2 Å². The van der Waals surface area contributed by atoms with E-state index in [0.717, 1.165) is 55.9 Å². The molecule has 1 aromatic rings. The van der Waals surface area contributed by atoms with Gasteiger partial charge in [-0.3, -0.25) is 5.32 Å². The molecule has 0 aliphatic carbocycles. The number of anilines is 1. The number of hydrogen-bond acceptors (Lipinski definition) is 3. The van der Waals surface area contributed by atoms with Crippen molar-refractivity contribution in [3.63, 3.8) is 0 Å². The van der Waals surface area contributed by atoms with E-state index in [2.05, 4.69) is 10.6 Å². The van der Waals surface area contributed by atoms with Crippen molar-refractivity contribution in [3.8, 4) is 0 Å². The summed E-state index contributed by atoms with van der Waals surface area (Å²) in [5, 5.41) is 6.95. The Bertz CT molecular complexity index is 628. The van der Waals surface area contributed by atoms with Gasteiger partial charge >= 0.3 is 6.18 Å². The van der Waals surface area contributed by atoms with Crippen molar-refractivity contribution in [1.29, 1.82) is 0 Å². The summed E-state index contributed by atoms with van der Waals surface area (Å²) in [5.74, 6) is 0.634. The maximum Gasteiger partial charge on any atom is 0.416 e. The predicted octanol–water partition coefficient (Wildman–Crippen LogP) is 3.90. The molecular formula is C19H24F3N3. The topological polar surface area (TPSA) is 27.3 Å². The van der Waals surface area contributed by atoms with Gasteiger partial charge in [-0.05, 0) is 74.7 Å². The van der Waals surface area contributed by atoms with Gasteiger partial charge in [-0.15, -0.1) is 0 Å². The van der Waals surface area contributed by atoms with E-state index in [4.69, 9.17) is 0 Å². The van der Waals surface area contributed by atoms with E-state index in [1.807, 2.05) is 30.2 Å². The van der Waals surface area contributed by atoms with E-state index in [9.17, 15) is 13.2 Å². The minimum Gasteiger partial charge on any atom is -0.328 e. The van der Waals surface area contributed by atoms with E-state index in [-0.39, 0.29) is 6.17 Å². The lowest BCUT2D eigenvalue weighted by molar-refractivity contribution is -0.137. The highest BCUT2D eigenvalue weighted by atomic mass is 19.4. The predicted molar refractivity (Wildman–Crippen MR) is 94.2 cm³/mol. The first-order valence-electron chi connectivity index (χ1n) is 8.70. The number of benzene rings is 1. The third-order valence-corrected chi connectivity index (χ3v) is 4.87. The standard InChI is InChI=1S/C19H24F3N3/c1-14-3-2-12-25(17-6-4-16(5-7-17)19(20,21)22)18(14)24-13-15-8-10-23-11-9-15/h2-7,12,15,18,23-24H,8-11,13H2,1H3. The highest BCUT2D eigenvalue weighted by Gasteiger charge is 2.30. The van der Waals surface area contributed by atoms with Gasteiger partial charge in [-0.25, -0.2) is 0 Å². The number of nitrogens with one attached hydrogen (secondary N) is 2. The van der Waals surface area contributed by atoms with Crippen LogP contribution in [0, 0.1) is 5.92 Å². The molecule has 6 heteroatoms. The number of piperidine rings is 1. The number of alkyl halides is 3. The quantitative estimate of drug-likeness (QED) is 0.861. The Hall–Kier alpha value is -1.79. The van der Waals surface area contributed by atoms with Gasteiger partial charge in [0.05, 0.1) is 5.56 Å². The molecule has 0 radical (unpaired) electrons. The summed E-state index contributed by atoms with van der Waals surface area (Å²) in [5.41, 5.74) is 1.28. The average molecular weight is 351 g/mol. The normalized spacial score (nSPS) is 22.2. The summed E-state index contributed by atoms with van der Waals surface area (Å²) in [4.78, 5) is 2.00. The molecule has 1 saturated heterocycles. The molecule has 2 aliphatic rings. The third-order valence-electron chi connectivity index (χ3n) is 4.87. The zero-order chi connectivity index (χ0) is 17.9. The van der Waals surface area contributed by atoms with E-state index >= 15 is 0 Å². The fourth-order valence-corrected chi connectivity index (χ4v) is 3.37. The monoisotopic (exact) mass is 351 g/mol. The molecule has 0 amide bonds. The SMILES string of the molecule is CC1=CC=CN(c2ccc(C(F)(F)F)cc2)C1NCC1CCNCC1. The molecule has 0 saturated carbocycles. The van der Waals surface area contributed by atoms with Gasteiger partial charge in [0.2, 0.25) is 0 Å². The Labute approximate surface area is 146 Å². The minimum absolute atomic E-state index is 0.0309. The number of halogens is 3. The van der Waals surface area contributed by atoms with Gasteiger partial charge in [0.25, 0.3) is 0 Å². The Kier molecular flexibility index (Phi) is 5.49. The maximum absolute atomic E-state index is 12.8. The summed E-state index contributed by atoms with van der Waals surface area (Å²) in [6.45, 7) is 5.05. The first kappa shape index (κ1) is 18.0. The summed E-state index contributed by atoms with van der Waals surface area (Å²) in [6, 6.07) is 5.34. The lowest BCUT2D eigenvalue weighted by atomic mass is 9.97. The second-order valence-electron chi connectivity index (χ2n) is 6.71. The first-order valence-corrected chi connectivity index (χ1v) is 8.70. The molecule has 3 rings (SSSR count). The van der Waals surface area contributed by atoms with Crippen LogP contribution < -0.4 is 15.5 Å². The summed E-state index contributed by atoms with van der Waals surface area (Å²) in [7, 11) is 0. The molecule has 3 nitrogen and oxygen atoms in total. The smallest absolute Gasteiger partial charge is 0.328 e. The Morgan fingerprint density at radius 1 is 1.16 bits per heavy atom. The van der Waals surface area contributed by atoms with Crippen molar-refractivity contribution in [1.82, 2.24) is 10.6 Å². The average Bonchev–Trinajstić information content (AvgIpc) is 2.61. The molecule has 1 unspecified atom stereocenters. The maximum atomic E-state index is 12.8. The molecule has 0 spiro atoms. The number of rotatable bonds is 4. The Morgan fingerprint density at radius 3 is 2.48 bits per heavy atom. The van der Waals surface area contributed by atoms with Gasteiger partial charge in [0.1, 0.15) is 6.17 Å². The highest BCUT2D eigenvalue weighted by Crippen LogP contribution is 2.31. The highest BCUT2D eigenvalue weighted by molar-refractivity contribution is 5.55. The largest absolute Gasteiger partial charge is 0.416 e. The molecule has 2 N–H and O–H groups in total. The molecule has 25 heavy (non-hydrogen) atoms. The fraction of sp³-hybridized carbons (Fsp3) is 0.474. The molecule has 2 heterocycles. The van der Waals surface area contributed by atoms with Crippen LogP contribution >= 0.6 is 0 Å². The van der Waals surface area contributed by atoms with Gasteiger partial charge in [0, 0.05) is 18.4 Å². The third kappa shape index (κ3) is 4.44. The number of allylic oxidation sites excluding steroid dienone is 2. The van der Waals surface area contributed by atoms with Crippen LogP contribution in [0.15, 0.2) is 48.2 Å². The van der Waals surface area contributed by atoms with Crippen molar-refractivity contribution in [2.45, 2.75) is 32.1 Å². The number of nitrogens with zero attached hydrogens (tertiary/aromatic N) is 1. The second kappa shape index (κ2) is 7.62. The van der Waals surface area contributed by atoms with Crippen LogP contribution in [0.2, 0.25) is 0 Å². The number of hydrogen-bond donors (Lipinski definition) is 2. The van der Waals surface area contributed by atoms with Crippen LogP contribution in [0.4, 0.5) is 18.9 Å². The summed E-state index contributed by atoms with van der Waals surface area (Å²) < 4.78 is 38.3. The van der Waals surface area contributed by atoms with Gasteiger partial charge in [-0.2, -0.15) is 13.2 Å². The van der Waals surface area contributed by atoms with Crippen LogP contribution in [0.3, 0.4) is 0 Å². The Morgan fingerprint density at radius 2 is 1.84 bits per heavy atom. The van der Waals surface area contributed by atoms with Gasteiger partial charge in [-0.1, -0.05) is 6.08 Å². The lowest BCUT2D eigenvalue weighted by Crippen LogP contribution is -2.47. The summed E-state index contributed by atoms with van der Waals surface area (Å²) in [6.07, 6.45) is 3.85. The van der Waals surface area contributed by atoms with Crippen molar-refractivity contribution >= 4 is 5.69 Å². The molecule has 136 valence electrons. The van der Waals surface area contributed by atoms with E-state index in [1.165, 1.54) is 12.1 Å². The van der Waals surface area contributed by atoms with Crippen molar-refractivity contribution in [2.24, 2.45) is 5.92 Å². The molecule has 1 fully saturated rings.